The van der Waals surface area contributed by atoms with Crippen LogP contribution in [0.25, 0.3) is 0 Å². The van der Waals surface area contributed by atoms with Gasteiger partial charge in [-0.1, -0.05) is 0 Å². The van der Waals surface area contributed by atoms with Gasteiger partial charge in [-0.25, -0.2) is 0 Å². The maximum absolute atomic E-state index is 11.7. The summed E-state index contributed by atoms with van der Waals surface area (Å²) in [5, 5.41) is 11.7. The average molecular weight is 244 g/mol. The van der Waals surface area contributed by atoms with Crippen molar-refractivity contribution in [1.82, 2.24) is 10.2 Å². The van der Waals surface area contributed by atoms with E-state index in [4.69, 9.17) is 9.84 Å². The molecule has 1 saturated heterocycles. The minimum atomic E-state index is -0.569. The van der Waals surface area contributed by atoms with Crippen molar-refractivity contribution < 1.29 is 19.4 Å². The van der Waals surface area contributed by atoms with Gasteiger partial charge in [0.1, 0.15) is 0 Å². The van der Waals surface area contributed by atoms with Gasteiger partial charge >= 0.3 is 0 Å². The van der Waals surface area contributed by atoms with Crippen LogP contribution in [0.15, 0.2) is 0 Å². The Balaban J connectivity index is 2.37. The average Bonchev–Trinajstić information content (AvgIpc) is 2.65. The summed E-state index contributed by atoms with van der Waals surface area (Å²) < 4.78 is 4.90. The molecule has 6 nitrogen and oxygen atoms in total. The smallest absolute Gasteiger partial charge is 0.225 e. The standard InChI is InChI=1S/C11H20N2O4/c1-8(14)6-12-11(16)9-5-10(15)13(7-9)3-4-17-2/h8-9,14H,3-7H2,1-2H3,(H,12,16). The minimum Gasteiger partial charge on any atom is -0.392 e. The molecule has 0 aliphatic carbocycles. The second kappa shape index (κ2) is 6.56. The first-order valence-electron chi connectivity index (χ1n) is 5.77. The third-order valence-corrected chi connectivity index (χ3v) is 2.72. The molecular weight excluding hydrogens is 224 g/mol. The van der Waals surface area contributed by atoms with Gasteiger partial charge in [0.15, 0.2) is 0 Å². The summed E-state index contributed by atoms with van der Waals surface area (Å²) >= 11 is 0. The van der Waals surface area contributed by atoms with Gasteiger partial charge in [0.2, 0.25) is 11.8 Å². The Bertz CT molecular complexity index is 281. The van der Waals surface area contributed by atoms with E-state index in [-0.39, 0.29) is 30.7 Å². The monoisotopic (exact) mass is 244 g/mol. The van der Waals surface area contributed by atoms with Crippen molar-refractivity contribution in [2.75, 3.05) is 33.4 Å². The zero-order valence-corrected chi connectivity index (χ0v) is 10.3. The first-order valence-corrected chi connectivity index (χ1v) is 5.77. The third-order valence-electron chi connectivity index (χ3n) is 2.72. The molecule has 2 unspecified atom stereocenters. The van der Waals surface area contributed by atoms with Crippen LogP contribution in [0.5, 0.6) is 0 Å². The lowest BCUT2D eigenvalue weighted by molar-refractivity contribution is -0.129. The molecule has 0 radical (unpaired) electrons. The Kier molecular flexibility index (Phi) is 5.37. The predicted molar refractivity (Wildman–Crippen MR) is 61.3 cm³/mol. The highest BCUT2D eigenvalue weighted by atomic mass is 16.5. The zero-order valence-electron chi connectivity index (χ0n) is 10.3. The number of hydrogen-bond donors (Lipinski definition) is 2. The molecule has 2 amide bonds. The van der Waals surface area contributed by atoms with Gasteiger partial charge in [0, 0.05) is 33.2 Å². The summed E-state index contributed by atoms with van der Waals surface area (Å²) in [5.41, 5.74) is 0. The van der Waals surface area contributed by atoms with E-state index in [0.29, 0.717) is 19.7 Å². The van der Waals surface area contributed by atoms with Crippen molar-refractivity contribution in [3.8, 4) is 0 Å². The normalized spacial score (nSPS) is 21.7. The van der Waals surface area contributed by atoms with Crippen molar-refractivity contribution in [3.63, 3.8) is 0 Å². The number of ether oxygens (including phenoxy) is 1. The van der Waals surface area contributed by atoms with E-state index < -0.39 is 6.10 Å². The highest BCUT2D eigenvalue weighted by Crippen LogP contribution is 2.17. The van der Waals surface area contributed by atoms with Crippen molar-refractivity contribution in [2.24, 2.45) is 5.92 Å². The molecule has 1 heterocycles. The Labute approximate surface area is 101 Å². The van der Waals surface area contributed by atoms with Crippen LogP contribution in [0.4, 0.5) is 0 Å². The lowest BCUT2D eigenvalue weighted by Crippen LogP contribution is -2.37. The van der Waals surface area contributed by atoms with E-state index in [1.165, 1.54) is 0 Å². The second-order valence-corrected chi connectivity index (χ2v) is 4.33. The number of nitrogens with zero attached hydrogens (tertiary/aromatic N) is 1. The summed E-state index contributed by atoms with van der Waals surface area (Å²) in [6.45, 7) is 3.27. The topological polar surface area (TPSA) is 78.9 Å². The van der Waals surface area contributed by atoms with E-state index in [1.54, 1.807) is 18.9 Å². The van der Waals surface area contributed by atoms with Crippen LogP contribution in [-0.4, -0.2) is 61.3 Å². The van der Waals surface area contributed by atoms with E-state index in [0.717, 1.165) is 0 Å². The molecule has 17 heavy (non-hydrogen) atoms. The molecular formula is C11H20N2O4. The molecule has 1 fully saturated rings. The van der Waals surface area contributed by atoms with Crippen molar-refractivity contribution in [3.05, 3.63) is 0 Å². The van der Waals surface area contributed by atoms with Gasteiger partial charge in [-0.15, -0.1) is 0 Å². The summed E-state index contributed by atoms with van der Waals surface area (Å²) in [6.07, 6.45) is -0.323. The van der Waals surface area contributed by atoms with Crippen LogP contribution in [0, 0.1) is 5.92 Å². The van der Waals surface area contributed by atoms with Crippen LogP contribution in [0.2, 0.25) is 0 Å². The molecule has 2 atom stereocenters. The molecule has 1 aliphatic rings. The Hall–Kier alpha value is -1.14. The quantitative estimate of drug-likeness (QED) is 0.627. The number of rotatable bonds is 6. The molecule has 2 N–H and O–H groups in total. The van der Waals surface area contributed by atoms with E-state index in [9.17, 15) is 9.59 Å². The molecule has 0 aromatic rings. The van der Waals surface area contributed by atoms with E-state index in [1.807, 2.05) is 0 Å². The van der Waals surface area contributed by atoms with Crippen molar-refractivity contribution in [1.29, 1.82) is 0 Å². The molecule has 1 rings (SSSR count). The van der Waals surface area contributed by atoms with Crippen molar-refractivity contribution >= 4 is 11.8 Å². The number of methoxy groups -OCH3 is 1. The Morgan fingerprint density at radius 2 is 2.41 bits per heavy atom. The van der Waals surface area contributed by atoms with Gasteiger partial charge in [0.25, 0.3) is 0 Å². The van der Waals surface area contributed by atoms with Gasteiger partial charge in [-0.05, 0) is 6.92 Å². The van der Waals surface area contributed by atoms with Gasteiger partial charge in [0.05, 0.1) is 18.6 Å². The fourth-order valence-corrected chi connectivity index (χ4v) is 1.76. The first-order chi connectivity index (χ1) is 8.04. The number of carbonyl (C=O) groups excluding carboxylic acids is 2. The van der Waals surface area contributed by atoms with Crippen LogP contribution >= 0.6 is 0 Å². The largest absolute Gasteiger partial charge is 0.392 e. The molecule has 0 aromatic carbocycles. The number of nitrogens with one attached hydrogen (secondary N) is 1. The first kappa shape index (κ1) is 13.9. The Morgan fingerprint density at radius 3 is 3.00 bits per heavy atom. The van der Waals surface area contributed by atoms with E-state index >= 15 is 0 Å². The fraction of sp³-hybridized carbons (Fsp3) is 0.818. The van der Waals surface area contributed by atoms with Crippen LogP contribution in [0.3, 0.4) is 0 Å². The number of carbonyl (C=O) groups is 2. The third kappa shape index (κ3) is 4.32. The summed E-state index contributed by atoms with van der Waals surface area (Å²) in [6, 6.07) is 0. The van der Waals surface area contributed by atoms with E-state index in [2.05, 4.69) is 5.32 Å². The molecule has 6 heteroatoms. The fourth-order valence-electron chi connectivity index (χ4n) is 1.76. The molecule has 0 bridgehead atoms. The van der Waals surface area contributed by atoms with Crippen LogP contribution < -0.4 is 5.32 Å². The van der Waals surface area contributed by atoms with Crippen LogP contribution in [0.1, 0.15) is 13.3 Å². The van der Waals surface area contributed by atoms with Gasteiger partial charge in [-0.3, -0.25) is 9.59 Å². The lowest BCUT2D eigenvalue weighted by atomic mass is 10.1. The highest BCUT2D eigenvalue weighted by molar-refractivity contribution is 5.89. The zero-order chi connectivity index (χ0) is 12.8. The van der Waals surface area contributed by atoms with Gasteiger partial charge < -0.3 is 20.1 Å². The SMILES string of the molecule is COCCN1CC(C(=O)NCC(C)O)CC1=O. The summed E-state index contributed by atoms with van der Waals surface area (Å²) in [4.78, 5) is 24.9. The number of amides is 2. The lowest BCUT2D eigenvalue weighted by Gasteiger charge is -2.16. The Morgan fingerprint density at radius 1 is 1.71 bits per heavy atom. The van der Waals surface area contributed by atoms with Crippen LogP contribution in [-0.2, 0) is 14.3 Å². The number of hydrogen-bond acceptors (Lipinski definition) is 4. The maximum atomic E-state index is 11.7. The molecule has 98 valence electrons. The molecule has 0 spiro atoms. The molecule has 0 aromatic heterocycles. The molecule has 0 saturated carbocycles. The number of aliphatic hydroxyl groups excluding tert-OH is 1. The second-order valence-electron chi connectivity index (χ2n) is 4.33. The highest BCUT2D eigenvalue weighted by Gasteiger charge is 2.33. The summed E-state index contributed by atoms with van der Waals surface area (Å²) in [5.74, 6) is -0.489. The van der Waals surface area contributed by atoms with Crippen molar-refractivity contribution in [2.45, 2.75) is 19.4 Å². The molecule has 1 aliphatic heterocycles. The predicted octanol–water partition coefficient (Wildman–Crippen LogP) is -1.02. The number of likely N-dealkylation sites (tertiary alicyclic amines) is 1. The minimum absolute atomic E-state index is 0.0146. The van der Waals surface area contributed by atoms with Gasteiger partial charge in [-0.2, -0.15) is 0 Å². The maximum Gasteiger partial charge on any atom is 0.225 e. The summed E-state index contributed by atoms with van der Waals surface area (Å²) in [7, 11) is 1.58. The number of aliphatic hydroxyl groups is 1.